The Morgan fingerprint density at radius 1 is 1.26 bits per heavy atom. The highest BCUT2D eigenvalue weighted by Crippen LogP contribution is 2.13. The van der Waals surface area contributed by atoms with Gasteiger partial charge in [-0.15, -0.1) is 0 Å². The van der Waals surface area contributed by atoms with E-state index in [0.29, 0.717) is 5.56 Å². The van der Waals surface area contributed by atoms with E-state index >= 15 is 0 Å². The lowest BCUT2D eigenvalue weighted by Gasteiger charge is -2.07. The maximum absolute atomic E-state index is 12.9. The lowest BCUT2D eigenvalue weighted by atomic mass is 10.2. The van der Waals surface area contributed by atoms with Crippen LogP contribution >= 0.6 is 0 Å². The minimum absolute atomic E-state index is 0.0834. The molecule has 11 heteroatoms. The van der Waals surface area contributed by atoms with Crippen LogP contribution in [0.4, 0.5) is 4.39 Å². The van der Waals surface area contributed by atoms with Crippen molar-refractivity contribution in [2.45, 2.75) is 24.4 Å². The van der Waals surface area contributed by atoms with Gasteiger partial charge in [0.05, 0.1) is 23.3 Å². The fourth-order valence-corrected chi connectivity index (χ4v) is 3.09. The first-order chi connectivity index (χ1) is 12.8. The molecule has 0 fully saturated rings. The van der Waals surface area contributed by atoms with Crippen LogP contribution in [0.15, 0.2) is 56.7 Å². The summed E-state index contributed by atoms with van der Waals surface area (Å²) in [4.78, 5) is 15.9. The molecular weight excluding hydrogens is 379 g/mol. The van der Waals surface area contributed by atoms with Crippen LogP contribution < -0.4 is 10.0 Å². The van der Waals surface area contributed by atoms with E-state index in [4.69, 9.17) is 8.94 Å². The molecule has 27 heavy (non-hydrogen) atoms. The molecule has 3 rings (SSSR count). The second-order valence-corrected chi connectivity index (χ2v) is 7.30. The molecule has 1 unspecified atom stereocenters. The molecule has 2 N–H and O–H groups in total. The van der Waals surface area contributed by atoms with Crippen LogP contribution in [0.2, 0.25) is 0 Å². The van der Waals surface area contributed by atoms with Crippen LogP contribution in [0, 0.1) is 5.82 Å². The van der Waals surface area contributed by atoms with E-state index in [1.807, 2.05) is 0 Å². The highest BCUT2D eigenvalue weighted by molar-refractivity contribution is 7.89. The molecule has 0 bridgehead atoms. The molecule has 142 valence electrons. The maximum Gasteiger partial charge on any atom is 0.255 e. The molecule has 0 aliphatic heterocycles. The number of hydrogen-bond acceptors (Lipinski definition) is 7. The molecule has 0 saturated heterocycles. The van der Waals surface area contributed by atoms with Gasteiger partial charge in [0, 0.05) is 0 Å². The highest BCUT2D eigenvalue weighted by atomic mass is 32.2. The van der Waals surface area contributed by atoms with E-state index in [2.05, 4.69) is 20.2 Å². The van der Waals surface area contributed by atoms with Gasteiger partial charge in [-0.3, -0.25) is 4.79 Å². The molecule has 0 aliphatic rings. The van der Waals surface area contributed by atoms with Crippen LogP contribution in [-0.2, 0) is 16.6 Å². The van der Waals surface area contributed by atoms with Crippen LogP contribution in [0.3, 0.4) is 0 Å². The number of nitrogens with zero attached hydrogens (tertiary/aromatic N) is 2. The Balaban J connectivity index is 1.60. The van der Waals surface area contributed by atoms with Crippen molar-refractivity contribution in [1.29, 1.82) is 0 Å². The first-order valence-electron chi connectivity index (χ1n) is 7.76. The van der Waals surface area contributed by atoms with Gasteiger partial charge >= 0.3 is 0 Å². The zero-order valence-electron chi connectivity index (χ0n) is 14.0. The Morgan fingerprint density at radius 2 is 2.00 bits per heavy atom. The number of aromatic nitrogens is 2. The lowest BCUT2D eigenvalue weighted by molar-refractivity contribution is 0.0932. The summed E-state index contributed by atoms with van der Waals surface area (Å²) in [6.07, 6.45) is 2.67. The number of carbonyl (C=O) groups is 1. The summed E-state index contributed by atoms with van der Waals surface area (Å²) in [5.74, 6) is -0.723. The predicted molar refractivity (Wildman–Crippen MR) is 89.3 cm³/mol. The van der Waals surface area contributed by atoms with Gasteiger partial charge in [-0.1, -0.05) is 5.16 Å². The van der Waals surface area contributed by atoms with Gasteiger partial charge in [0.15, 0.2) is 5.82 Å². The summed E-state index contributed by atoms with van der Waals surface area (Å²) in [5, 5.41) is 6.32. The summed E-state index contributed by atoms with van der Waals surface area (Å²) in [7, 11) is -3.85. The van der Waals surface area contributed by atoms with Crippen LogP contribution in [0.1, 0.15) is 35.0 Å². The van der Waals surface area contributed by atoms with Crippen LogP contribution in [0.5, 0.6) is 0 Å². The first-order valence-corrected chi connectivity index (χ1v) is 9.24. The zero-order chi connectivity index (χ0) is 19.4. The van der Waals surface area contributed by atoms with Crippen molar-refractivity contribution in [2.75, 3.05) is 0 Å². The molecule has 2 aromatic heterocycles. The van der Waals surface area contributed by atoms with Gasteiger partial charge in [0.2, 0.25) is 15.9 Å². The van der Waals surface area contributed by atoms with E-state index in [-0.39, 0.29) is 29.1 Å². The Labute approximate surface area is 153 Å². The normalized spacial score (nSPS) is 12.7. The summed E-state index contributed by atoms with van der Waals surface area (Å²) < 4.78 is 49.4. The predicted octanol–water partition coefficient (Wildman–Crippen LogP) is 1.77. The van der Waals surface area contributed by atoms with Crippen molar-refractivity contribution in [3.05, 3.63) is 66.0 Å². The molecule has 9 nitrogen and oxygen atoms in total. The molecule has 3 aromatic rings. The van der Waals surface area contributed by atoms with Crippen molar-refractivity contribution in [3.8, 4) is 0 Å². The molecule has 0 spiro atoms. The van der Waals surface area contributed by atoms with Crippen LogP contribution in [-0.4, -0.2) is 24.5 Å². The second kappa shape index (κ2) is 7.68. The summed E-state index contributed by atoms with van der Waals surface area (Å²) in [6.45, 7) is 1.41. The first kappa shape index (κ1) is 18.7. The molecule has 1 aromatic carbocycles. The van der Waals surface area contributed by atoms with Crippen molar-refractivity contribution >= 4 is 15.9 Å². The average Bonchev–Trinajstić information content (AvgIpc) is 3.32. The number of rotatable bonds is 7. The van der Waals surface area contributed by atoms with E-state index in [1.165, 1.54) is 18.6 Å². The van der Waals surface area contributed by atoms with Crippen molar-refractivity contribution in [3.63, 3.8) is 0 Å². The van der Waals surface area contributed by atoms with E-state index < -0.39 is 21.9 Å². The number of amides is 1. The Hall–Kier alpha value is -3.05. The molecule has 0 saturated carbocycles. The minimum atomic E-state index is -3.85. The number of carbonyl (C=O) groups excluding carboxylic acids is 1. The molecule has 0 aliphatic carbocycles. The number of nitrogens with one attached hydrogen (secondary N) is 2. The zero-order valence-corrected chi connectivity index (χ0v) is 14.9. The molecule has 0 radical (unpaired) electrons. The topological polar surface area (TPSA) is 127 Å². The monoisotopic (exact) mass is 394 g/mol. The Bertz CT molecular complexity index is 1020. The van der Waals surface area contributed by atoms with Gasteiger partial charge in [-0.2, -0.15) is 4.98 Å². The Kier molecular flexibility index (Phi) is 5.33. The SMILES string of the molecule is CC(NC(=O)c1ccoc1)c1nc(CNS(=O)(=O)c2ccc(F)cc2)no1. The van der Waals surface area contributed by atoms with E-state index in [1.54, 1.807) is 6.92 Å². The van der Waals surface area contributed by atoms with Gasteiger partial charge in [0.25, 0.3) is 5.91 Å². The largest absolute Gasteiger partial charge is 0.472 e. The Morgan fingerprint density at radius 3 is 2.67 bits per heavy atom. The fraction of sp³-hybridized carbons (Fsp3) is 0.188. The van der Waals surface area contributed by atoms with Gasteiger partial charge in [0.1, 0.15) is 18.1 Å². The number of benzene rings is 1. The van der Waals surface area contributed by atoms with Gasteiger partial charge in [-0.05, 0) is 37.3 Å². The van der Waals surface area contributed by atoms with Crippen LogP contribution in [0.25, 0.3) is 0 Å². The van der Waals surface area contributed by atoms with E-state index in [9.17, 15) is 17.6 Å². The minimum Gasteiger partial charge on any atom is -0.472 e. The third kappa shape index (κ3) is 4.57. The number of furan rings is 1. The third-order valence-electron chi connectivity index (χ3n) is 3.53. The smallest absolute Gasteiger partial charge is 0.255 e. The standard InChI is InChI=1S/C16H15FN4O5S/c1-10(19-15(22)11-6-7-25-9-11)16-20-14(21-26-16)8-18-27(23,24)13-4-2-12(17)3-5-13/h2-7,9-10,18H,8H2,1H3,(H,19,22). The average molecular weight is 394 g/mol. The van der Waals surface area contributed by atoms with Gasteiger partial charge < -0.3 is 14.3 Å². The molecule has 1 atom stereocenters. The number of halogens is 1. The summed E-state index contributed by atoms with van der Waals surface area (Å²) in [5.41, 5.74) is 0.341. The van der Waals surface area contributed by atoms with Crippen molar-refractivity contribution in [1.82, 2.24) is 20.2 Å². The molecule has 1 amide bonds. The molecule has 2 heterocycles. The molecular formula is C16H15FN4O5S. The number of hydrogen-bond donors (Lipinski definition) is 2. The lowest BCUT2D eigenvalue weighted by Crippen LogP contribution is -2.26. The second-order valence-electron chi connectivity index (χ2n) is 5.53. The highest BCUT2D eigenvalue weighted by Gasteiger charge is 2.20. The summed E-state index contributed by atoms with van der Waals surface area (Å²) >= 11 is 0. The number of sulfonamides is 1. The van der Waals surface area contributed by atoms with Crippen molar-refractivity contribution in [2.24, 2.45) is 0 Å². The maximum atomic E-state index is 12.9. The fourth-order valence-electron chi connectivity index (χ4n) is 2.11. The van der Waals surface area contributed by atoms with Crippen molar-refractivity contribution < 1.29 is 26.5 Å². The summed E-state index contributed by atoms with van der Waals surface area (Å²) in [6, 6.07) is 5.30. The van der Waals surface area contributed by atoms with Gasteiger partial charge in [-0.25, -0.2) is 17.5 Å². The van der Waals surface area contributed by atoms with E-state index in [0.717, 1.165) is 24.3 Å². The third-order valence-corrected chi connectivity index (χ3v) is 4.95. The quantitative estimate of drug-likeness (QED) is 0.625.